The van der Waals surface area contributed by atoms with Gasteiger partial charge in [0.25, 0.3) is 5.91 Å². The summed E-state index contributed by atoms with van der Waals surface area (Å²) in [5.41, 5.74) is -2.13. The van der Waals surface area contributed by atoms with Crippen molar-refractivity contribution in [3.8, 4) is 6.07 Å². The number of aliphatic hydroxyl groups is 1. The predicted octanol–water partition coefficient (Wildman–Crippen LogP) is 0.449. The van der Waals surface area contributed by atoms with E-state index in [9.17, 15) is 14.7 Å². The Kier molecular flexibility index (Phi) is 4.47. The van der Waals surface area contributed by atoms with E-state index in [-0.39, 0.29) is 11.4 Å². The molecule has 1 aromatic heterocycles. The molecule has 0 aromatic carbocycles. The van der Waals surface area contributed by atoms with Crippen molar-refractivity contribution in [2.75, 3.05) is 11.6 Å². The quantitative estimate of drug-likeness (QED) is 0.540. The number of aliphatic carboxylic acids is 1. The summed E-state index contributed by atoms with van der Waals surface area (Å²) >= 11 is 1.26. The monoisotopic (exact) mass is 281 g/mol. The van der Waals surface area contributed by atoms with Crippen LogP contribution >= 0.6 is 11.8 Å². The van der Waals surface area contributed by atoms with Crippen LogP contribution in [0.1, 0.15) is 12.6 Å². The Morgan fingerprint density at radius 2 is 2.21 bits per heavy atom. The maximum Gasteiger partial charge on any atom is 0.345 e. The fourth-order valence-electron chi connectivity index (χ4n) is 1.10. The predicted molar refractivity (Wildman–Crippen MR) is 67.6 cm³/mol. The second kappa shape index (κ2) is 5.69. The molecular weight excluding hydrogens is 270 g/mol. The van der Waals surface area contributed by atoms with E-state index in [1.165, 1.54) is 24.0 Å². The van der Waals surface area contributed by atoms with Crippen LogP contribution in [0.25, 0.3) is 0 Å². The third-order valence-electron chi connectivity index (χ3n) is 2.29. The van der Waals surface area contributed by atoms with Crippen molar-refractivity contribution in [2.45, 2.75) is 17.4 Å². The molecule has 1 unspecified atom stereocenters. The van der Waals surface area contributed by atoms with Crippen molar-refractivity contribution in [1.82, 2.24) is 4.98 Å². The van der Waals surface area contributed by atoms with Gasteiger partial charge in [-0.15, -0.1) is 11.8 Å². The molecule has 0 bridgehead atoms. The highest BCUT2D eigenvalue weighted by atomic mass is 32.2. The number of nitrogens with one attached hydrogen (secondary N) is 1. The number of anilines is 1. The van der Waals surface area contributed by atoms with E-state index < -0.39 is 17.5 Å². The highest BCUT2D eigenvalue weighted by molar-refractivity contribution is 7.98. The molecule has 0 aliphatic carbocycles. The first-order chi connectivity index (χ1) is 8.82. The lowest BCUT2D eigenvalue weighted by molar-refractivity contribution is -0.161. The summed E-state index contributed by atoms with van der Waals surface area (Å²) in [6, 6.07) is 3.37. The Morgan fingerprint density at radius 3 is 2.68 bits per heavy atom. The molecule has 3 N–H and O–H groups in total. The molecule has 8 heteroatoms. The van der Waals surface area contributed by atoms with E-state index in [0.29, 0.717) is 4.90 Å². The highest BCUT2D eigenvalue weighted by Gasteiger charge is 2.39. The minimum absolute atomic E-state index is 0.204. The molecule has 100 valence electrons. The number of thioether (sulfide) groups is 1. The van der Waals surface area contributed by atoms with Crippen LogP contribution in [-0.2, 0) is 9.59 Å². The number of carbonyl (C=O) groups is 2. The number of aromatic nitrogens is 1. The molecule has 1 heterocycles. The first kappa shape index (κ1) is 14.9. The zero-order valence-corrected chi connectivity index (χ0v) is 11.0. The van der Waals surface area contributed by atoms with Gasteiger partial charge >= 0.3 is 5.97 Å². The largest absolute Gasteiger partial charge is 0.479 e. The lowest BCUT2D eigenvalue weighted by atomic mass is 10.1. The van der Waals surface area contributed by atoms with Gasteiger partial charge in [0.15, 0.2) is 5.69 Å². The summed E-state index contributed by atoms with van der Waals surface area (Å²) in [5.74, 6) is -2.74. The summed E-state index contributed by atoms with van der Waals surface area (Å²) in [6.07, 6.45) is 2.95. The molecule has 0 fully saturated rings. The van der Waals surface area contributed by atoms with Gasteiger partial charge in [-0.25, -0.2) is 9.78 Å². The van der Waals surface area contributed by atoms with Crippen LogP contribution in [0.3, 0.4) is 0 Å². The molecule has 0 saturated heterocycles. The van der Waals surface area contributed by atoms with Gasteiger partial charge in [0.1, 0.15) is 6.07 Å². The smallest absolute Gasteiger partial charge is 0.345 e. The van der Waals surface area contributed by atoms with Crippen LogP contribution in [0.2, 0.25) is 0 Å². The van der Waals surface area contributed by atoms with Crippen LogP contribution in [0.15, 0.2) is 17.2 Å². The van der Waals surface area contributed by atoms with Crippen LogP contribution < -0.4 is 5.32 Å². The number of carbonyl (C=O) groups excluding carboxylic acids is 1. The first-order valence-electron chi connectivity index (χ1n) is 5.04. The van der Waals surface area contributed by atoms with E-state index >= 15 is 0 Å². The number of rotatable bonds is 4. The van der Waals surface area contributed by atoms with E-state index in [2.05, 4.69) is 10.3 Å². The van der Waals surface area contributed by atoms with E-state index in [4.69, 9.17) is 10.4 Å². The van der Waals surface area contributed by atoms with Gasteiger partial charge in [-0.3, -0.25) is 4.79 Å². The highest BCUT2D eigenvalue weighted by Crippen LogP contribution is 2.22. The normalized spacial score (nSPS) is 13.2. The topological polar surface area (TPSA) is 123 Å². The van der Waals surface area contributed by atoms with Gasteiger partial charge < -0.3 is 15.5 Å². The van der Waals surface area contributed by atoms with Gasteiger partial charge in [0.2, 0.25) is 5.60 Å². The van der Waals surface area contributed by atoms with Crippen molar-refractivity contribution >= 4 is 29.3 Å². The maximum absolute atomic E-state index is 11.6. The fourth-order valence-corrected chi connectivity index (χ4v) is 1.64. The van der Waals surface area contributed by atoms with Crippen molar-refractivity contribution < 1.29 is 19.8 Å². The Labute approximate surface area is 113 Å². The van der Waals surface area contributed by atoms with Crippen LogP contribution in [-0.4, -0.2) is 38.9 Å². The Morgan fingerprint density at radius 1 is 1.58 bits per heavy atom. The van der Waals surface area contributed by atoms with E-state index in [1.807, 2.05) is 6.07 Å². The zero-order chi connectivity index (χ0) is 14.6. The zero-order valence-electron chi connectivity index (χ0n) is 10.2. The Bertz CT molecular complexity index is 566. The number of carboxylic acid groups (broad SMARTS) is 1. The molecule has 0 aliphatic rings. The summed E-state index contributed by atoms with van der Waals surface area (Å²) in [5, 5.41) is 29.2. The molecule has 0 radical (unpaired) electrons. The molecule has 0 aliphatic heterocycles. The summed E-state index contributed by atoms with van der Waals surface area (Å²) in [4.78, 5) is 26.7. The molecule has 0 spiro atoms. The molecule has 1 atom stereocenters. The summed E-state index contributed by atoms with van der Waals surface area (Å²) in [6.45, 7) is 0.872. The third kappa shape index (κ3) is 3.21. The lowest BCUT2D eigenvalue weighted by Crippen LogP contribution is -2.47. The number of carboxylic acids is 1. The average molecular weight is 281 g/mol. The number of hydrogen-bond acceptors (Lipinski definition) is 6. The van der Waals surface area contributed by atoms with Crippen molar-refractivity contribution in [3.05, 3.63) is 18.0 Å². The van der Waals surface area contributed by atoms with Gasteiger partial charge in [0, 0.05) is 4.90 Å². The van der Waals surface area contributed by atoms with Gasteiger partial charge in [-0.2, -0.15) is 5.26 Å². The molecular formula is C11H11N3O4S. The van der Waals surface area contributed by atoms with Gasteiger partial charge in [0.05, 0.1) is 11.9 Å². The van der Waals surface area contributed by atoms with Crippen LogP contribution in [0, 0.1) is 11.3 Å². The SMILES string of the molecule is CSc1cc(NC(=O)C(C)(O)C(=O)O)cnc1C#N. The molecule has 1 amide bonds. The summed E-state index contributed by atoms with van der Waals surface area (Å²) in [7, 11) is 0. The second-order valence-corrected chi connectivity index (χ2v) is 4.57. The minimum Gasteiger partial charge on any atom is -0.479 e. The second-order valence-electron chi connectivity index (χ2n) is 3.72. The van der Waals surface area contributed by atoms with Gasteiger partial charge in [-0.1, -0.05) is 0 Å². The number of nitrogens with zero attached hydrogens (tertiary/aromatic N) is 2. The van der Waals surface area contributed by atoms with Crippen LogP contribution in [0.5, 0.6) is 0 Å². The number of nitriles is 1. The minimum atomic E-state index is -2.53. The van der Waals surface area contributed by atoms with E-state index in [0.717, 1.165) is 6.92 Å². The standard InChI is InChI=1S/C11H11N3O4S/c1-11(18,10(16)17)9(15)14-6-3-8(19-2)7(4-12)13-5-6/h3,5,18H,1-2H3,(H,14,15)(H,16,17). The molecule has 19 heavy (non-hydrogen) atoms. The molecule has 7 nitrogen and oxygen atoms in total. The fraction of sp³-hybridized carbons (Fsp3) is 0.273. The van der Waals surface area contributed by atoms with Crippen molar-refractivity contribution in [3.63, 3.8) is 0 Å². The van der Waals surface area contributed by atoms with Gasteiger partial charge in [-0.05, 0) is 19.2 Å². The third-order valence-corrected chi connectivity index (χ3v) is 3.05. The average Bonchev–Trinajstić information content (AvgIpc) is 2.38. The van der Waals surface area contributed by atoms with Crippen LogP contribution in [0.4, 0.5) is 5.69 Å². The first-order valence-corrected chi connectivity index (χ1v) is 6.26. The lowest BCUT2D eigenvalue weighted by Gasteiger charge is -2.17. The van der Waals surface area contributed by atoms with Crippen molar-refractivity contribution in [2.24, 2.45) is 0 Å². The number of hydrogen-bond donors (Lipinski definition) is 3. The number of amides is 1. The Hall–Kier alpha value is -2.11. The molecule has 0 saturated carbocycles. The van der Waals surface area contributed by atoms with E-state index in [1.54, 1.807) is 6.26 Å². The Balaban J connectivity index is 2.99. The molecule has 1 aromatic rings. The summed E-state index contributed by atoms with van der Waals surface area (Å²) < 4.78 is 0. The maximum atomic E-state index is 11.6. The van der Waals surface area contributed by atoms with Crippen molar-refractivity contribution in [1.29, 1.82) is 5.26 Å². The molecule has 1 rings (SSSR count). The number of pyridine rings is 1.